The molecule has 1 saturated heterocycles. The molecule has 0 aromatic heterocycles. The molecule has 3 amide bonds. The van der Waals surface area contributed by atoms with Crippen molar-refractivity contribution in [2.75, 3.05) is 34.0 Å². The van der Waals surface area contributed by atoms with Crippen molar-refractivity contribution in [2.24, 2.45) is 11.8 Å². The third-order valence-corrected chi connectivity index (χ3v) is 4.84. The van der Waals surface area contributed by atoms with Gasteiger partial charge >= 0.3 is 6.03 Å². The predicted molar refractivity (Wildman–Crippen MR) is 92.8 cm³/mol. The molecule has 2 heterocycles. The van der Waals surface area contributed by atoms with Gasteiger partial charge in [-0.1, -0.05) is 13.8 Å². The number of ether oxygens (including phenoxy) is 2. The van der Waals surface area contributed by atoms with Crippen LogP contribution in [0.5, 0.6) is 11.5 Å². The zero-order chi connectivity index (χ0) is 18.1. The number of likely N-dealkylation sites (tertiary alicyclic amines) is 1. The summed E-state index contributed by atoms with van der Waals surface area (Å²) in [5.74, 6) is 1.80. The van der Waals surface area contributed by atoms with Crippen LogP contribution in [0.1, 0.15) is 24.2 Å². The van der Waals surface area contributed by atoms with E-state index in [1.54, 1.807) is 32.3 Å². The van der Waals surface area contributed by atoms with E-state index in [0.29, 0.717) is 36.1 Å². The molecule has 0 radical (unpaired) electrons. The van der Waals surface area contributed by atoms with E-state index in [4.69, 9.17) is 9.47 Å². The number of amides is 3. The maximum Gasteiger partial charge on any atom is 0.317 e. The van der Waals surface area contributed by atoms with Gasteiger partial charge in [-0.25, -0.2) is 4.79 Å². The Morgan fingerprint density at radius 2 is 1.92 bits per heavy atom. The van der Waals surface area contributed by atoms with Crippen LogP contribution in [0.3, 0.4) is 0 Å². The van der Waals surface area contributed by atoms with Gasteiger partial charge < -0.3 is 24.6 Å². The summed E-state index contributed by atoms with van der Waals surface area (Å²) in [5, 5.41) is 3.04. The maximum atomic E-state index is 12.9. The van der Waals surface area contributed by atoms with E-state index >= 15 is 0 Å². The van der Waals surface area contributed by atoms with Crippen LogP contribution in [0.25, 0.3) is 0 Å². The SMILES string of the molecule is CC(C)C1CN(C(=O)c2ccc3c(c2)OCO3)CC1NC(=O)N(C)C. The number of hydrogen-bond acceptors (Lipinski definition) is 4. The van der Waals surface area contributed by atoms with Gasteiger partial charge in [0.1, 0.15) is 0 Å². The summed E-state index contributed by atoms with van der Waals surface area (Å²) in [4.78, 5) is 28.2. The lowest BCUT2D eigenvalue weighted by Crippen LogP contribution is -2.46. The zero-order valence-corrected chi connectivity index (χ0v) is 15.1. The van der Waals surface area contributed by atoms with Gasteiger partial charge in [0.05, 0.1) is 6.04 Å². The Morgan fingerprint density at radius 3 is 2.60 bits per heavy atom. The number of rotatable bonds is 3. The normalized spacial score (nSPS) is 21.6. The third-order valence-electron chi connectivity index (χ3n) is 4.84. The van der Waals surface area contributed by atoms with Crippen molar-refractivity contribution < 1.29 is 19.1 Å². The fourth-order valence-corrected chi connectivity index (χ4v) is 3.32. The Labute approximate surface area is 147 Å². The maximum absolute atomic E-state index is 12.9. The molecule has 1 aromatic rings. The minimum Gasteiger partial charge on any atom is -0.454 e. The highest BCUT2D eigenvalue weighted by atomic mass is 16.7. The molecule has 3 rings (SSSR count). The molecule has 0 bridgehead atoms. The standard InChI is InChI=1S/C18H25N3O4/c1-11(2)13-8-21(9-14(13)19-18(23)20(3)4)17(22)12-5-6-15-16(7-12)25-10-24-15/h5-7,11,13-14H,8-10H2,1-4H3,(H,19,23). The molecule has 2 aliphatic heterocycles. The van der Waals surface area contributed by atoms with E-state index in [-0.39, 0.29) is 30.7 Å². The zero-order valence-electron chi connectivity index (χ0n) is 15.1. The van der Waals surface area contributed by atoms with E-state index in [0.717, 1.165) is 0 Å². The number of fused-ring (bicyclic) bond motifs is 1. The molecule has 2 unspecified atom stereocenters. The Hall–Kier alpha value is -2.44. The van der Waals surface area contributed by atoms with Crippen LogP contribution in [0.4, 0.5) is 4.79 Å². The van der Waals surface area contributed by atoms with E-state index in [1.807, 2.05) is 4.90 Å². The van der Waals surface area contributed by atoms with Crippen LogP contribution in [-0.2, 0) is 0 Å². The third kappa shape index (κ3) is 3.50. The van der Waals surface area contributed by atoms with Gasteiger partial charge in [0.2, 0.25) is 6.79 Å². The number of hydrogen-bond donors (Lipinski definition) is 1. The Kier molecular flexibility index (Phi) is 4.74. The van der Waals surface area contributed by atoms with E-state index in [1.165, 1.54) is 4.90 Å². The second kappa shape index (κ2) is 6.82. The van der Waals surface area contributed by atoms with Gasteiger partial charge in [-0.2, -0.15) is 0 Å². The summed E-state index contributed by atoms with van der Waals surface area (Å²) in [5.41, 5.74) is 0.575. The lowest BCUT2D eigenvalue weighted by molar-refractivity contribution is 0.0782. The largest absolute Gasteiger partial charge is 0.454 e. The van der Waals surface area contributed by atoms with Crippen molar-refractivity contribution in [1.82, 2.24) is 15.1 Å². The van der Waals surface area contributed by atoms with E-state index in [9.17, 15) is 9.59 Å². The highest BCUT2D eigenvalue weighted by Gasteiger charge is 2.38. The molecular weight excluding hydrogens is 322 g/mol. The Morgan fingerprint density at radius 1 is 1.20 bits per heavy atom. The summed E-state index contributed by atoms with van der Waals surface area (Å²) in [6.07, 6.45) is 0. The average Bonchev–Trinajstić information content (AvgIpc) is 3.19. The smallest absolute Gasteiger partial charge is 0.317 e. The quantitative estimate of drug-likeness (QED) is 0.905. The molecule has 7 nitrogen and oxygen atoms in total. The van der Waals surface area contributed by atoms with Crippen molar-refractivity contribution in [3.05, 3.63) is 23.8 Å². The minimum absolute atomic E-state index is 0.0483. The second-order valence-electron chi connectivity index (χ2n) is 7.14. The first-order chi connectivity index (χ1) is 11.9. The number of benzene rings is 1. The van der Waals surface area contributed by atoms with Gasteiger partial charge in [-0.15, -0.1) is 0 Å². The number of nitrogens with one attached hydrogen (secondary N) is 1. The molecule has 0 saturated carbocycles. The molecular formula is C18H25N3O4. The van der Waals surface area contributed by atoms with Crippen LogP contribution < -0.4 is 14.8 Å². The van der Waals surface area contributed by atoms with Gasteiger partial charge in [-0.3, -0.25) is 4.79 Å². The van der Waals surface area contributed by atoms with Crippen molar-refractivity contribution in [2.45, 2.75) is 19.9 Å². The molecule has 0 spiro atoms. The van der Waals surface area contributed by atoms with Crippen molar-refractivity contribution >= 4 is 11.9 Å². The Bertz CT molecular complexity index is 674. The van der Waals surface area contributed by atoms with Crippen LogP contribution >= 0.6 is 0 Å². The molecule has 136 valence electrons. The molecule has 25 heavy (non-hydrogen) atoms. The molecule has 1 aromatic carbocycles. The minimum atomic E-state index is -0.131. The molecule has 2 atom stereocenters. The van der Waals surface area contributed by atoms with E-state index < -0.39 is 0 Å². The lowest BCUT2D eigenvalue weighted by atomic mass is 9.91. The second-order valence-corrected chi connectivity index (χ2v) is 7.14. The molecule has 1 N–H and O–H groups in total. The van der Waals surface area contributed by atoms with Crippen LogP contribution in [0.15, 0.2) is 18.2 Å². The van der Waals surface area contributed by atoms with Crippen molar-refractivity contribution in [3.63, 3.8) is 0 Å². The molecule has 1 fully saturated rings. The number of carbonyl (C=O) groups excluding carboxylic acids is 2. The number of nitrogens with zero attached hydrogens (tertiary/aromatic N) is 2. The fourth-order valence-electron chi connectivity index (χ4n) is 3.32. The Balaban J connectivity index is 1.74. The topological polar surface area (TPSA) is 71.1 Å². The number of carbonyl (C=O) groups is 2. The molecule has 0 aliphatic carbocycles. The predicted octanol–water partition coefficient (Wildman–Crippen LogP) is 1.78. The van der Waals surface area contributed by atoms with Crippen molar-refractivity contribution in [1.29, 1.82) is 0 Å². The van der Waals surface area contributed by atoms with Crippen LogP contribution in [0.2, 0.25) is 0 Å². The van der Waals surface area contributed by atoms with Gasteiger partial charge in [0.15, 0.2) is 11.5 Å². The van der Waals surface area contributed by atoms with Crippen LogP contribution in [-0.4, -0.2) is 61.8 Å². The summed E-state index contributed by atoms with van der Waals surface area (Å²) in [7, 11) is 3.43. The van der Waals surface area contributed by atoms with Crippen molar-refractivity contribution in [3.8, 4) is 11.5 Å². The summed E-state index contributed by atoms with van der Waals surface area (Å²) >= 11 is 0. The highest BCUT2D eigenvalue weighted by molar-refractivity contribution is 5.95. The first kappa shape index (κ1) is 17.4. The summed E-state index contributed by atoms with van der Waals surface area (Å²) in [6, 6.07) is 5.06. The summed E-state index contributed by atoms with van der Waals surface area (Å²) < 4.78 is 10.6. The monoisotopic (exact) mass is 347 g/mol. The van der Waals surface area contributed by atoms with Gasteiger partial charge in [-0.05, 0) is 24.1 Å². The number of urea groups is 1. The lowest BCUT2D eigenvalue weighted by Gasteiger charge is -2.24. The molecule has 2 aliphatic rings. The highest BCUT2D eigenvalue weighted by Crippen LogP contribution is 2.33. The first-order valence-corrected chi connectivity index (χ1v) is 8.53. The van der Waals surface area contributed by atoms with Crippen LogP contribution in [0, 0.1) is 11.8 Å². The first-order valence-electron chi connectivity index (χ1n) is 8.53. The summed E-state index contributed by atoms with van der Waals surface area (Å²) in [6.45, 7) is 5.56. The van der Waals surface area contributed by atoms with E-state index in [2.05, 4.69) is 19.2 Å². The fraction of sp³-hybridized carbons (Fsp3) is 0.556. The average molecular weight is 347 g/mol. The molecule has 7 heteroatoms. The van der Waals surface area contributed by atoms with Gasteiger partial charge in [0, 0.05) is 38.7 Å². The van der Waals surface area contributed by atoms with Gasteiger partial charge in [0.25, 0.3) is 5.91 Å².